The van der Waals surface area contributed by atoms with E-state index in [-0.39, 0.29) is 18.2 Å². The minimum Gasteiger partial charge on any atom is -0.489 e. The number of rotatable bonds is 4. The van der Waals surface area contributed by atoms with Crippen molar-refractivity contribution in [3.63, 3.8) is 0 Å². The maximum Gasteiger partial charge on any atom is 0.258 e. The molecule has 0 aliphatic carbocycles. The molecule has 3 aromatic carbocycles. The highest BCUT2D eigenvalue weighted by Crippen LogP contribution is 2.38. The van der Waals surface area contributed by atoms with Crippen LogP contribution in [0.2, 0.25) is 5.02 Å². The quantitative estimate of drug-likeness (QED) is 0.599. The Morgan fingerprint density at radius 2 is 1.79 bits per heavy atom. The molecule has 0 fully saturated rings. The van der Waals surface area contributed by atoms with E-state index in [0.717, 1.165) is 24.1 Å². The molecule has 7 heteroatoms. The van der Waals surface area contributed by atoms with Crippen molar-refractivity contribution in [3.8, 4) is 11.5 Å². The largest absolute Gasteiger partial charge is 0.489 e. The van der Waals surface area contributed by atoms with Crippen molar-refractivity contribution in [2.45, 2.75) is 19.3 Å². The summed E-state index contributed by atoms with van der Waals surface area (Å²) in [5, 5.41) is 3.31. The predicted octanol–water partition coefficient (Wildman–Crippen LogP) is 4.89. The van der Waals surface area contributed by atoms with Gasteiger partial charge in [-0.25, -0.2) is 0 Å². The number of ether oxygens (including phenoxy) is 2. The maximum atomic E-state index is 13.0. The summed E-state index contributed by atoms with van der Waals surface area (Å²) in [6, 6.07) is 18.4. The van der Waals surface area contributed by atoms with Crippen molar-refractivity contribution in [2.24, 2.45) is 0 Å². The van der Waals surface area contributed by atoms with Crippen molar-refractivity contribution in [1.29, 1.82) is 0 Å². The summed E-state index contributed by atoms with van der Waals surface area (Å²) in [4.78, 5) is 27.4. The molecule has 0 saturated heterocycles. The molecular formula is C26H23ClN2O4. The Balaban J connectivity index is 1.24. The number of fused-ring (bicyclic) bond motifs is 2. The van der Waals surface area contributed by atoms with Crippen molar-refractivity contribution < 1.29 is 19.1 Å². The molecule has 2 heterocycles. The van der Waals surface area contributed by atoms with Crippen molar-refractivity contribution in [2.75, 3.05) is 30.0 Å². The Bertz CT molecular complexity index is 1210. The van der Waals surface area contributed by atoms with Gasteiger partial charge in [-0.15, -0.1) is 0 Å². The van der Waals surface area contributed by atoms with Crippen LogP contribution in [0.5, 0.6) is 11.5 Å². The summed E-state index contributed by atoms with van der Waals surface area (Å²) in [7, 11) is 0. The third kappa shape index (κ3) is 4.52. The van der Waals surface area contributed by atoms with Gasteiger partial charge in [0.2, 0.25) is 5.91 Å². The van der Waals surface area contributed by atoms with Crippen LogP contribution in [-0.2, 0) is 17.6 Å². The van der Waals surface area contributed by atoms with Gasteiger partial charge >= 0.3 is 0 Å². The number of carbonyl (C=O) groups is 2. The number of benzene rings is 3. The highest BCUT2D eigenvalue weighted by atomic mass is 35.5. The number of hydrogen-bond donors (Lipinski definition) is 1. The van der Waals surface area contributed by atoms with E-state index in [2.05, 4.69) is 11.4 Å². The van der Waals surface area contributed by atoms with Crippen LogP contribution in [-0.4, -0.2) is 31.6 Å². The first-order chi connectivity index (χ1) is 16.1. The number of halogens is 1. The van der Waals surface area contributed by atoms with Gasteiger partial charge in [0, 0.05) is 29.9 Å². The second kappa shape index (κ2) is 9.16. The molecule has 1 N–H and O–H groups in total. The molecule has 0 atom stereocenters. The predicted molar refractivity (Wildman–Crippen MR) is 128 cm³/mol. The molecule has 3 aromatic rings. The average molecular weight is 463 g/mol. The van der Waals surface area contributed by atoms with Crippen molar-refractivity contribution >= 4 is 34.8 Å². The number of amides is 2. The Morgan fingerprint density at radius 1 is 1.00 bits per heavy atom. The molecule has 0 spiro atoms. The topological polar surface area (TPSA) is 67.9 Å². The standard InChI is InChI=1S/C26H23ClN2O4/c27-21-14-17(15-23-25(21)33-13-3-12-32-23)16-24(30)28-20-8-6-19(7-9-20)26(31)29-11-10-18-4-1-2-5-22(18)29/h1-2,4-9,14-15H,3,10-13,16H2,(H,28,30). The summed E-state index contributed by atoms with van der Waals surface area (Å²) in [5.41, 5.74) is 4.10. The number of para-hydroxylation sites is 1. The molecule has 0 saturated carbocycles. The molecular weight excluding hydrogens is 440 g/mol. The zero-order valence-electron chi connectivity index (χ0n) is 18.0. The molecule has 0 aromatic heterocycles. The first-order valence-corrected chi connectivity index (χ1v) is 11.3. The van der Waals surface area contributed by atoms with Gasteiger partial charge in [0.05, 0.1) is 24.7 Å². The highest BCUT2D eigenvalue weighted by molar-refractivity contribution is 6.32. The van der Waals surface area contributed by atoms with Gasteiger partial charge in [0.25, 0.3) is 5.91 Å². The van der Waals surface area contributed by atoms with Gasteiger partial charge in [0.15, 0.2) is 11.5 Å². The van der Waals surface area contributed by atoms with E-state index in [0.29, 0.717) is 47.5 Å². The van der Waals surface area contributed by atoms with E-state index in [1.807, 2.05) is 18.2 Å². The number of hydrogen-bond acceptors (Lipinski definition) is 4. The number of nitrogens with zero attached hydrogens (tertiary/aromatic N) is 1. The summed E-state index contributed by atoms with van der Waals surface area (Å²) in [6.07, 6.45) is 1.78. The molecule has 33 heavy (non-hydrogen) atoms. The first kappa shape index (κ1) is 21.3. The van der Waals surface area contributed by atoms with E-state index >= 15 is 0 Å². The second-order valence-electron chi connectivity index (χ2n) is 8.09. The molecule has 0 radical (unpaired) electrons. The zero-order valence-corrected chi connectivity index (χ0v) is 18.7. The van der Waals surface area contributed by atoms with Crippen LogP contribution in [0, 0.1) is 0 Å². The van der Waals surface area contributed by atoms with Crippen LogP contribution >= 0.6 is 11.6 Å². The maximum absolute atomic E-state index is 13.0. The molecule has 2 amide bonds. The Hall–Kier alpha value is -3.51. The molecule has 0 bridgehead atoms. The summed E-state index contributed by atoms with van der Waals surface area (Å²) in [6.45, 7) is 1.77. The summed E-state index contributed by atoms with van der Waals surface area (Å²) < 4.78 is 11.3. The molecule has 6 nitrogen and oxygen atoms in total. The molecule has 2 aliphatic heterocycles. The molecule has 2 aliphatic rings. The fraction of sp³-hybridized carbons (Fsp3) is 0.231. The smallest absolute Gasteiger partial charge is 0.258 e. The second-order valence-corrected chi connectivity index (χ2v) is 8.50. The van der Waals surface area contributed by atoms with Crippen LogP contribution in [0.1, 0.15) is 27.9 Å². The minimum atomic E-state index is -0.187. The Labute approximate surface area is 197 Å². The lowest BCUT2D eigenvalue weighted by Gasteiger charge is -2.17. The lowest BCUT2D eigenvalue weighted by molar-refractivity contribution is -0.115. The van der Waals surface area contributed by atoms with Crippen LogP contribution in [0.4, 0.5) is 11.4 Å². The van der Waals surface area contributed by atoms with Crippen LogP contribution in [0.25, 0.3) is 0 Å². The monoisotopic (exact) mass is 462 g/mol. The first-order valence-electron chi connectivity index (χ1n) is 11.0. The summed E-state index contributed by atoms with van der Waals surface area (Å²) >= 11 is 6.32. The third-order valence-corrected chi connectivity index (χ3v) is 6.06. The van der Waals surface area contributed by atoms with Crippen molar-refractivity contribution in [3.05, 3.63) is 82.4 Å². The molecule has 168 valence electrons. The van der Waals surface area contributed by atoms with E-state index in [1.165, 1.54) is 5.56 Å². The molecule has 0 unspecified atom stereocenters. The van der Waals surface area contributed by atoms with Crippen molar-refractivity contribution in [1.82, 2.24) is 0 Å². The van der Waals surface area contributed by atoms with Gasteiger partial charge < -0.3 is 19.7 Å². The Morgan fingerprint density at radius 3 is 2.64 bits per heavy atom. The molecule has 5 rings (SSSR count). The lowest BCUT2D eigenvalue weighted by Crippen LogP contribution is -2.28. The van der Waals surface area contributed by atoms with E-state index in [4.69, 9.17) is 21.1 Å². The van der Waals surface area contributed by atoms with Gasteiger partial charge in [0.1, 0.15) is 0 Å². The van der Waals surface area contributed by atoms with Crippen LogP contribution < -0.4 is 19.7 Å². The van der Waals surface area contributed by atoms with Gasteiger partial charge in [-0.2, -0.15) is 0 Å². The zero-order chi connectivity index (χ0) is 22.8. The van der Waals surface area contributed by atoms with Gasteiger partial charge in [-0.05, 0) is 60.0 Å². The van der Waals surface area contributed by atoms with Gasteiger partial charge in [-0.3, -0.25) is 9.59 Å². The highest BCUT2D eigenvalue weighted by Gasteiger charge is 2.25. The number of anilines is 2. The van der Waals surface area contributed by atoms with Gasteiger partial charge in [-0.1, -0.05) is 29.8 Å². The average Bonchev–Trinajstić information content (AvgIpc) is 3.09. The Kier molecular flexibility index (Phi) is 5.92. The normalized spacial score (nSPS) is 14.4. The van der Waals surface area contributed by atoms with Crippen LogP contribution in [0.15, 0.2) is 60.7 Å². The minimum absolute atomic E-state index is 0.0420. The number of nitrogens with one attached hydrogen (secondary N) is 1. The van der Waals surface area contributed by atoms with E-state index < -0.39 is 0 Å². The van der Waals surface area contributed by atoms with E-state index in [1.54, 1.807) is 41.3 Å². The summed E-state index contributed by atoms with van der Waals surface area (Å²) in [5.74, 6) is 0.862. The van der Waals surface area contributed by atoms with Crippen LogP contribution in [0.3, 0.4) is 0 Å². The fourth-order valence-corrected chi connectivity index (χ4v) is 4.47. The number of carbonyl (C=O) groups excluding carboxylic acids is 2. The third-order valence-electron chi connectivity index (χ3n) is 5.77. The SMILES string of the molecule is O=C(Cc1cc(Cl)c2c(c1)OCCCO2)Nc1ccc(C(=O)N2CCc3ccccc32)cc1. The fourth-order valence-electron chi connectivity index (χ4n) is 4.18. The lowest BCUT2D eigenvalue weighted by atomic mass is 10.1. The van der Waals surface area contributed by atoms with E-state index in [9.17, 15) is 9.59 Å².